The molecule has 0 heterocycles. The highest BCUT2D eigenvalue weighted by Gasteiger charge is 2.10. The third kappa shape index (κ3) is 1.16. The lowest BCUT2D eigenvalue weighted by Crippen LogP contribution is -2.02. The second kappa shape index (κ2) is 2.94. The van der Waals surface area contributed by atoms with Crippen molar-refractivity contribution in [3.63, 3.8) is 0 Å². The lowest BCUT2D eigenvalue weighted by atomic mass is 9.95. The van der Waals surface area contributed by atoms with Gasteiger partial charge >= 0.3 is 0 Å². The van der Waals surface area contributed by atoms with Gasteiger partial charge in [0.15, 0.2) is 0 Å². The van der Waals surface area contributed by atoms with E-state index in [9.17, 15) is 0 Å². The van der Waals surface area contributed by atoms with Gasteiger partial charge in [0.05, 0.1) is 0 Å². The van der Waals surface area contributed by atoms with Crippen molar-refractivity contribution in [3.05, 3.63) is 39.9 Å². The Kier molecular flexibility index (Phi) is 1.93. The summed E-state index contributed by atoms with van der Waals surface area (Å²) in [5.41, 5.74) is 9.40. The average molecular weight is 224 g/mol. The van der Waals surface area contributed by atoms with Gasteiger partial charge in [-0.3, -0.25) is 0 Å². The van der Waals surface area contributed by atoms with E-state index in [1.54, 1.807) is 0 Å². The zero-order valence-electron chi connectivity index (χ0n) is 6.68. The van der Waals surface area contributed by atoms with E-state index in [-0.39, 0.29) is 0 Å². The highest BCUT2D eigenvalue weighted by Crippen LogP contribution is 2.29. The SMILES string of the molecule is Nc1ccc(Br)c2c1CC=CC2. The van der Waals surface area contributed by atoms with E-state index in [0.29, 0.717) is 0 Å². The minimum absolute atomic E-state index is 0.914. The Morgan fingerprint density at radius 2 is 1.75 bits per heavy atom. The van der Waals surface area contributed by atoms with Crippen molar-refractivity contribution < 1.29 is 0 Å². The molecule has 1 aromatic rings. The standard InChI is InChI=1S/C10H10BrN/c11-9-5-6-10(12)8-4-2-1-3-7(8)9/h1-2,5-6H,3-4,12H2. The van der Waals surface area contributed by atoms with Crippen LogP contribution in [0, 0.1) is 0 Å². The van der Waals surface area contributed by atoms with Crippen LogP contribution < -0.4 is 5.73 Å². The van der Waals surface area contributed by atoms with Gasteiger partial charge in [0.2, 0.25) is 0 Å². The fourth-order valence-electron chi connectivity index (χ4n) is 1.55. The molecule has 2 N–H and O–H groups in total. The molecule has 1 aliphatic rings. The van der Waals surface area contributed by atoms with Gasteiger partial charge in [0.1, 0.15) is 0 Å². The molecule has 1 aromatic carbocycles. The third-order valence-corrected chi connectivity index (χ3v) is 2.96. The molecule has 0 spiro atoms. The maximum atomic E-state index is 5.86. The Morgan fingerprint density at radius 3 is 2.42 bits per heavy atom. The number of benzene rings is 1. The molecule has 0 aromatic heterocycles. The lowest BCUT2D eigenvalue weighted by molar-refractivity contribution is 1.09. The predicted octanol–water partition coefficient (Wildman–Crippen LogP) is 2.69. The van der Waals surface area contributed by atoms with E-state index < -0.39 is 0 Å². The van der Waals surface area contributed by atoms with Gasteiger partial charge in [-0.1, -0.05) is 28.1 Å². The maximum absolute atomic E-state index is 5.86. The molecular formula is C10H10BrN. The van der Waals surface area contributed by atoms with Gasteiger partial charge in [-0.25, -0.2) is 0 Å². The molecule has 2 rings (SSSR count). The van der Waals surface area contributed by atoms with Gasteiger partial charge in [0.25, 0.3) is 0 Å². The molecule has 0 amide bonds. The summed E-state index contributed by atoms with van der Waals surface area (Å²) in [4.78, 5) is 0. The molecule has 0 radical (unpaired) electrons. The van der Waals surface area contributed by atoms with Gasteiger partial charge < -0.3 is 5.73 Å². The van der Waals surface area contributed by atoms with Crippen LogP contribution in [0.25, 0.3) is 0 Å². The maximum Gasteiger partial charge on any atom is 0.0353 e. The summed E-state index contributed by atoms with van der Waals surface area (Å²) in [6, 6.07) is 3.98. The predicted molar refractivity (Wildman–Crippen MR) is 55.1 cm³/mol. The van der Waals surface area contributed by atoms with Gasteiger partial charge in [0, 0.05) is 10.2 Å². The first-order valence-corrected chi connectivity index (χ1v) is 4.79. The van der Waals surface area contributed by atoms with Crippen LogP contribution in [-0.4, -0.2) is 0 Å². The van der Waals surface area contributed by atoms with Crippen LogP contribution in [0.5, 0.6) is 0 Å². The molecule has 0 atom stereocenters. The summed E-state index contributed by atoms with van der Waals surface area (Å²) in [6.07, 6.45) is 6.33. The number of allylic oxidation sites excluding steroid dienone is 2. The number of anilines is 1. The number of nitrogen functional groups attached to an aromatic ring is 1. The first-order valence-electron chi connectivity index (χ1n) is 4.00. The minimum Gasteiger partial charge on any atom is -0.398 e. The van der Waals surface area contributed by atoms with Gasteiger partial charge in [-0.15, -0.1) is 0 Å². The molecule has 2 heteroatoms. The van der Waals surface area contributed by atoms with E-state index in [2.05, 4.69) is 28.1 Å². The van der Waals surface area contributed by atoms with E-state index in [4.69, 9.17) is 5.73 Å². The Morgan fingerprint density at radius 1 is 1.08 bits per heavy atom. The fraction of sp³-hybridized carbons (Fsp3) is 0.200. The van der Waals surface area contributed by atoms with Crippen LogP contribution in [0.15, 0.2) is 28.8 Å². The number of hydrogen-bond acceptors (Lipinski definition) is 1. The van der Waals surface area contributed by atoms with Crippen LogP contribution >= 0.6 is 15.9 Å². The summed E-state index contributed by atoms with van der Waals surface area (Å²) < 4.78 is 1.18. The second-order valence-electron chi connectivity index (χ2n) is 2.97. The highest BCUT2D eigenvalue weighted by atomic mass is 79.9. The number of hydrogen-bond donors (Lipinski definition) is 1. The summed E-state index contributed by atoms with van der Waals surface area (Å²) in [5, 5.41) is 0. The lowest BCUT2D eigenvalue weighted by Gasteiger charge is -2.14. The van der Waals surface area contributed by atoms with Crippen molar-refractivity contribution in [1.29, 1.82) is 0 Å². The van der Waals surface area contributed by atoms with Gasteiger partial charge in [-0.2, -0.15) is 0 Å². The van der Waals surface area contributed by atoms with Crippen molar-refractivity contribution >= 4 is 21.6 Å². The smallest absolute Gasteiger partial charge is 0.0353 e. The Balaban J connectivity index is 2.61. The molecule has 1 aliphatic carbocycles. The summed E-state index contributed by atoms with van der Waals surface area (Å²) in [6.45, 7) is 0. The number of rotatable bonds is 0. The first kappa shape index (κ1) is 7.87. The molecular weight excluding hydrogens is 214 g/mol. The minimum atomic E-state index is 0.914. The molecule has 0 saturated carbocycles. The van der Waals surface area contributed by atoms with Crippen molar-refractivity contribution in [3.8, 4) is 0 Å². The monoisotopic (exact) mass is 223 g/mol. The molecule has 12 heavy (non-hydrogen) atoms. The second-order valence-corrected chi connectivity index (χ2v) is 3.83. The molecule has 0 unspecified atom stereocenters. The van der Waals surface area contributed by atoms with E-state index in [1.807, 2.05) is 12.1 Å². The van der Waals surface area contributed by atoms with E-state index in [1.165, 1.54) is 15.6 Å². The number of fused-ring (bicyclic) bond motifs is 1. The largest absolute Gasteiger partial charge is 0.398 e. The highest BCUT2D eigenvalue weighted by molar-refractivity contribution is 9.10. The molecule has 1 nitrogen and oxygen atoms in total. The first-order chi connectivity index (χ1) is 5.79. The normalized spacial score (nSPS) is 14.4. The Hall–Kier alpha value is -0.760. The summed E-state index contributed by atoms with van der Waals surface area (Å²) in [7, 11) is 0. The van der Waals surface area contributed by atoms with E-state index >= 15 is 0 Å². The van der Waals surface area contributed by atoms with Crippen LogP contribution in [0.3, 0.4) is 0 Å². The van der Waals surface area contributed by atoms with Crippen molar-refractivity contribution in [2.75, 3.05) is 5.73 Å². The van der Waals surface area contributed by atoms with Crippen LogP contribution in [0.1, 0.15) is 11.1 Å². The average Bonchev–Trinajstić information content (AvgIpc) is 2.12. The summed E-state index contributed by atoms with van der Waals surface area (Å²) >= 11 is 3.53. The molecule has 0 aliphatic heterocycles. The van der Waals surface area contributed by atoms with Crippen molar-refractivity contribution in [2.24, 2.45) is 0 Å². The molecule has 0 fully saturated rings. The Labute approximate surface area is 80.4 Å². The van der Waals surface area contributed by atoms with Crippen LogP contribution in [0.2, 0.25) is 0 Å². The molecule has 0 saturated heterocycles. The quantitative estimate of drug-likeness (QED) is 0.532. The van der Waals surface area contributed by atoms with Crippen LogP contribution in [-0.2, 0) is 12.8 Å². The Bertz CT molecular complexity index is 309. The zero-order valence-corrected chi connectivity index (χ0v) is 8.26. The van der Waals surface area contributed by atoms with Crippen molar-refractivity contribution in [1.82, 2.24) is 0 Å². The summed E-state index contributed by atoms with van der Waals surface area (Å²) in [5.74, 6) is 0. The molecule has 0 bridgehead atoms. The number of halogens is 1. The van der Waals surface area contributed by atoms with E-state index in [0.717, 1.165) is 18.5 Å². The zero-order chi connectivity index (χ0) is 8.55. The topological polar surface area (TPSA) is 26.0 Å². The van der Waals surface area contributed by atoms with Crippen molar-refractivity contribution in [2.45, 2.75) is 12.8 Å². The third-order valence-electron chi connectivity index (χ3n) is 2.22. The fourth-order valence-corrected chi connectivity index (χ4v) is 2.08. The number of nitrogens with two attached hydrogens (primary N) is 1. The van der Waals surface area contributed by atoms with Gasteiger partial charge in [-0.05, 0) is 36.1 Å². The molecule has 62 valence electrons. The van der Waals surface area contributed by atoms with Crippen LogP contribution in [0.4, 0.5) is 5.69 Å².